The molecule has 3 heteroatoms. The zero-order valence-corrected chi connectivity index (χ0v) is 25.6. The van der Waals surface area contributed by atoms with Crippen LogP contribution >= 0.6 is 0 Å². The van der Waals surface area contributed by atoms with Crippen LogP contribution in [0.3, 0.4) is 0 Å². The molecule has 0 aliphatic rings. The van der Waals surface area contributed by atoms with Crippen molar-refractivity contribution in [3.8, 4) is 50.5 Å². The average molecular weight is 600 g/mol. The lowest BCUT2D eigenvalue weighted by molar-refractivity contribution is 1.10. The molecule has 0 aliphatic carbocycles. The van der Waals surface area contributed by atoms with Crippen LogP contribution in [-0.4, -0.2) is 14.5 Å². The SMILES string of the molecule is c1ccc(-c2ccc(-c3c4ccccc4nc4ccc(-c5ccc(-c6nc7ccccc7n6-c6ccccc6)cc5)cc34)cc2)cc1. The molecule has 0 unspecified atom stereocenters. The number of rotatable bonds is 5. The fraction of sp³-hybridized carbons (Fsp3) is 0. The Morgan fingerprint density at radius 2 is 0.872 bits per heavy atom. The summed E-state index contributed by atoms with van der Waals surface area (Å²) >= 11 is 0. The van der Waals surface area contributed by atoms with Gasteiger partial charge in [-0.1, -0.05) is 133 Å². The predicted octanol–water partition coefficient (Wildman–Crippen LogP) is 11.4. The molecular weight excluding hydrogens is 571 g/mol. The first-order chi connectivity index (χ1) is 23.3. The van der Waals surface area contributed by atoms with Crippen molar-refractivity contribution in [3.05, 3.63) is 176 Å². The van der Waals surface area contributed by atoms with Gasteiger partial charge in [-0.2, -0.15) is 0 Å². The predicted molar refractivity (Wildman–Crippen MR) is 196 cm³/mol. The van der Waals surface area contributed by atoms with Crippen LogP contribution in [-0.2, 0) is 0 Å². The lowest BCUT2D eigenvalue weighted by Gasteiger charge is -2.14. The molecule has 0 aliphatic heterocycles. The highest BCUT2D eigenvalue weighted by Crippen LogP contribution is 2.38. The molecule has 0 amide bonds. The van der Waals surface area contributed by atoms with Gasteiger partial charge in [-0.3, -0.25) is 4.57 Å². The first-order valence-electron chi connectivity index (χ1n) is 15.9. The minimum Gasteiger partial charge on any atom is -0.292 e. The molecule has 9 rings (SSSR count). The zero-order valence-electron chi connectivity index (χ0n) is 25.6. The number of imidazole rings is 1. The van der Waals surface area contributed by atoms with Crippen molar-refractivity contribution < 1.29 is 0 Å². The van der Waals surface area contributed by atoms with E-state index in [2.05, 4.69) is 168 Å². The number of fused-ring (bicyclic) bond motifs is 3. The number of nitrogens with zero attached hydrogens (tertiary/aromatic N) is 3. The lowest BCUT2D eigenvalue weighted by Crippen LogP contribution is -1.97. The minimum atomic E-state index is 0.930. The highest BCUT2D eigenvalue weighted by Gasteiger charge is 2.16. The molecule has 0 saturated heterocycles. The van der Waals surface area contributed by atoms with Crippen molar-refractivity contribution in [1.82, 2.24) is 14.5 Å². The third kappa shape index (κ3) is 4.77. The van der Waals surface area contributed by atoms with Crippen molar-refractivity contribution in [2.45, 2.75) is 0 Å². The van der Waals surface area contributed by atoms with Gasteiger partial charge in [-0.05, 0) is 70.3 Å². The number of aromatic nitrogens is 3. The maximum Gasteiger partial charge on any atom is 0.145 e. The fourth-order valence-electron chi connectivity index (χ4n) is 6.71. The second-order valence-electron chi connectivity index (χ2n) is 11.9. The second-order valence-corrected chi connectivity index (χ2v) is 11.9. The highest BCUT2D eigenvalue weighted by atomic mass is 15.1. The van der Waals surface area contributed by atoms with Gasteiger partial charge in [0, 0.05) is 27.6 Å². The minimum absolute atomic E-state index is 0.930. The molecule has 0 spiro atoms. The Morgan fingerprint density at radius 3 is 1.64 bits per heavy atom. The Bertz CT molecular complexity index is 2530. The van der Waals surface area contributed by atoms with E-state index in [0.717, 1.165) is 61.0 Å². The van der Waals surface area contributed by atoms with Crippen molar-refractivity contribution in [2.24, 2.45) is 0 Å². The summed E-state index contributed by atoms with van der Waals surface area (Å²) in [6.45, 7) is 0. The summed E-state index contributed by atoms with van der Waals surface area (Å²) < 4.78 is 2.24. The van der Waals surface area contributed by atoms with E-state index in [9.17, 15) is 0 Å². The number of pyridine rings is 1. The number of hydrogen-bond donors (Lipinski definition) is 0. The topological polar surface area (TPSA) is 30.7 Å². The Labute approximate surface area is 273 Å². The van der Waals surface area contributed by atoms with Gasteiger partial charge in [0.2, 0.25) is 0 Å². The molecule has 3 nitrogen and oxygen atoms in total. The largest absolute Gasteiger partial charge is 0.292 e. The molecule has 220 valence electrons. The Morgan fingerprint density at radius 1 is 0.340 bits per heavy atom. The van der Waals surface area contributed by atoms with Gasteiger partial charge >= 0.3 is 0 Å². The van der Waals surface area contributed by atoms with Crippen molar-refractivity contribution in [3.63, 3.8) is 0 Å². The second kappa shape index (κ2) is 11.2. The summed E-state index contributed by atoms with van der Waals surface area (Å²) in [6, 6.07) is 62.1. The molecule has 9 aromatic rings. The van der Waals surface area contributed by atoms with Gasteiger partial charge < -0.3 is 0 Å². The summed E-state index contributed by atoms with van der Waals surface area (Å²) in [4.78, 5) is 10.1. The van der Waals surface area contributed by atoms with E-state index in [0.29, 0.717) is 0 Å². The molecular formula is C44H29N3. The quantitative estimate of drug-likeness (QED) is 0.184. The van der Waals surface area contributed by atoms with E-state index >= 15 is 0 Å². The molecule has 2 aromatic heterocycles. The van der Waals surface area contributed by atoms with Crippen LogP contribution in [0.15, 0.2) is 176 Å². The Hall–Kier alpha value is -6.32. The molecule has 0 radical (unpaired) electrons. The first kappa shape index (κ1) is 27.0. The van der Waals surface area contributed by atoms with Gasteiger partial charge in [0.25, 0.3) is 0 Å². The van der Waals surface area contributed by atoms with Crippen LogP contribution in [0.4, 0.5) is 0 Å². The summed E-state index contributed by atoms with van der Waals surface area (Å²) in [7, 11) is 0. The summed E-state index contributed by atoms with van der Waals surface area (Å²) in [5.41, 5.74) is 13.3. The van der Waals surface area contributed by atoms with Crippen molar-refractivity contribution >= 4 is 32.8 Å². The zero-order chi connectivity index (χ0) is 31.2. The van der Waals surface area contributed by atoms with Crippen LogP contribution in [0.2, 0.25) is 0 Å². The Balaban J connectivity index is 1.15. The lowest BCUT2D eigenvalue weighted by atomic mass is 9.92. The third-order valence-corrected chi connectivity index (χ3v) is 9.01. The van der Waals surface area contributed by atoms with E-state index in [-0.39, 0.29) is 0 Å². The maximum atomic E-state index is 5.07. The van der Waals surface area contributed by atoms with Crippen LogP contribution < -0.4 is 0 Å². The van der Waals surface area contributed by atoms with Gasteiger partial charge in [-0.25, -0.2) is 9.97 Å². The number of hydrogen-bond acceptors (Lipinski definition) is 2. The van der Waals surface area contributed by atoms with E-state index in [1.165, 1.54) is 22.3 Å². The van der Waals surface area contributed by atoms with Gasteiger partial charge in [0.1, 0.15) is 5.82 Å². The van der Waals surface area contributed by atoms with Gasteiger partial charge in [0.05, 0.1) is 22.1 Å². The molecule has 47 heavy (non-hydrogen) atoms. The molecule has 0 bridgehead atoms. The van der Waals surface area contributed by atoms with Crippen LogP contribution in [0.5, 0.6) is 0 Å². The fourth-order valence-corrected chi connectivity index (χ4v) is 6.71. The van der Waals surface area contributed by atoms with E-state index in [1.54, 1.807) is 0 Å². The summed E-state index contributed by atoms with van der Waals surface area (Å²) in [6.07, 6.45) is 0. The number of benzene rings is 7. The summed E-state index contributed by atoms with van der Waals surface area (Å²) in [5.74, 6) is 0.930. The first-order valence-corrected chi connectivity index (χ1v) is 15.9. The monoisotopic (exact) mass is 599 g/mol. The Kier molecular flexibility index (Phi) is 6.46. The molecule has 0 atom stereocenters. The average Bonchev–Trinajstić information content (AvgIpc) is 3.54. The van der Waals surface area contributed by atoms with E-state index in [4.69, 9.17) is 9.97 Å². The van der Waals surface area contributed by atoms with E-state index < -0.39 is 0 Å². The molecule has 2 heterocycles. The molecule has 0 saturated carbocycles. The van der Waals surface area contributed by atoms with Crippen molar-refractivity contribution in [1.29, 1.82) is 0 Å². The van der Waals surface area contributed by atoms with Crippen LogP contribution in [0.1, 0.15) is 0 Å². The van der Waals surface area contributed by atoms with Crippen LogP contribution in [0.25, 0.3) is 83.3 Å². The van der Waals surface area contributed by atoms with Crippen molar-refractivity contribution in [2.75, 3.05) is 0 Å². The molecule has 0 fully saturated rings. The van der Waals surface area contributed by atoms with Gasteiger partial charge in [0.15, 0.2) is 0 Å². The third-order valence-electron chi connectivity index (χ3n) is 9.01. The molecule has 7 aromatic carbocycles. The maximum absolute atomic E-state index is 5.07. The normalized spacial score (nSPS) is 11.4. The standard InChI is InChI=1S/C44H29N3/c1-3-11-30(12-4-1)31-19-23-33(24-20-31)43-37-15-7-8-16-39(37)45-40-28-27-35(29-38(40)43)32-21-25-34(26-22-32)44-46-41-17-9-10-18-42(41)47(44)36-13-5-2-6-14-36/h1-29H. The van der Waals surface area contributed by atoms with Crippen LogP contribution in [0, 0.1) is 0 Å². The number of para-hydroxylation sites is 4. The van der Waals surface area contributed by atoms with E-state index in [1.807, 2.05) is 12.1 Å². The smallest absolute Gasteiger partial charge is 0.145 e. The highest BCUT2D eigenvalue weighted by molar-refractivity contribution is 6.10. The molecule has 0 N–H and O–H groups in total. The summed E-state index contributed by atoms with van der Waals surface area (Å²) in [5, 5.41) is 2.29. The van der Waals surface area contributed by atoms with Gasteiger partial charge in [-0.15, -0.1) is 0 Å².